The highest BCUT2D eigenvalue weighted by molar-refractivity contribution is 7.92. The molecule has 27 heavy (non-hydrogen) atoms. The van der Waals surface area contributed by atoms with Gasteiger partial charge >= 0.3 is 0 Å². The van der Waals surface area contributed by atoms with Gasteiger partial charge < -0.3 is 10.6 Å². The number of carbonyl (C=O) groups excluding carboxylic acids is 2. The quantitative estimate of drug-likeness (QED) is 0.843. The number of benzene rings is 2. The molecule has 0 aliphatic carbocycles. The highest BCUT2D eigenvalue weighted by Gasteiger charge is 2.26. The van der Waals surface area contributed by atoms with Gasteiger partial charge in [-0.3, -0.25) is 13.9 Å². The molecular formula is C19H21N3O4S. The van der Waals surface area contributed by atoms with Crippen LogP contribution in [0.4, 0.5) is 17.1 Å². The zero-order valence-electron chi connectivity index (χ0n) is 14.9. The first-order valence-corrected chi connectivity index (χ1v) is 10.3. The molecule has 1 heterocycles. The number of amides is 2. The fourth-order valence-electron chi connectivity index (χ4n) is 2.96. The van der Waals surface area contributed by atoms with E-state index in [4.69, 9.17) is 0 Å². The molecule has 0 radical (unpaired) electrons. The minimum absolute atomic E-state index is 0.124. The molecule has 0 atom stereocenters. The van der Waals surface area contributed by atoms with Crippen LogP contribution in [0.5, 0.6) is 0 Å². The Kier molecular flexibility index (Phi) is 5.46. The van der Waals surface area contributed by atoms with Gasteiger partial charge in [0.05, 0.1) is 11.4 Å². The molecule has 7 nitrogen and oxygen atoms in total. The lowest BCUT2D eigenvalue weighted by Gasteiger charge is -2.28. The lowest BCUT2D eigenvalue weighted by atomic mass is 10.1. The van der Waals surface area contributed by atoms with Crippen LogP contribution in [-0.2, 0) is 14.8 Å². The van der Waals surface area contributed by atoms with Crippen molar-refractivity contribution >= 4 is 38.9 Å². The number of hydrogen-bond donors (Lipinski definition) is 2. The normalized spacial score (nSPS) is 15.8. The molecule has 1 fully saturated rings. The van der Waals surface area contributed by atoms with Gasteiger partial charge in [-0.2, -0.15) is 0 Å². The summed E-state index contributed by atoms with van der Waals surface area (Å²) in [7, 11) is -3.33. The lowest BCUT2D eigenvalue weighted by molar-refractivity contribution is -0.114. The van der Waals surface area contributed by atoms with E-state index in [-0.39, 0.29) is 17.6 Å². The Morgan fingerprint density at radius 1 is 0.963 bits per heavy atom. The first-order chi connectivity index (χ1) is 12.8. The van der Waals surface area contributed by atoms with Gasteiger partial charge in [0.1, 0.15) is 0 Å². The molecule has 2 aromatic carbocycles. The van der Waals surface area contributed by atoms with Crippen LogP contribution in [0.3, 0.4) is 0 Å². The van der Waals surface area contributed by atoms with Crippen LogP contribution in [0.15, 0.2) is 48.5 Å². The Bertz CT molecular complexity index is 972. The number of nitrogens with zero attached hydrogens (tertiary/aromatic N) is 1. The number of sulfonamides is 1. The largest absolute Gasteiger partial charge is 0.326 e. The van der Waals surface area contributed by atoms with Crippen LogP contribution < -0.4 is 14.9 Å². The minimum Gasteiger partial charge on any atom is -0.326 e. The average Bonchev–Trinajstić information content (AvgIpc) is 2.61. The van der Waals surface area contributed by atoms with Crippen molar-refractivity contribution in [3.05, 3.63) is 54.1 Å². The summed E-state index contributed by atoms with van der Waals surface area (Å²) in [5.41, 5.74) is 1.96. The highest BCUT2D eigenvalue weighted by Crippen LogP contribution is 2.25. The second-order valence-electron chi connectivity index (χ2n) is 6.36. The SMILES string of the molecule is CC(=O)Nc1cccc(NC(=O)c2cccc(N3CCCCS3(=O)=O)c2)c1. The summed E-state index contributed by atoms with van der Waals surface area (Å²) in [5.74, 6) is -0.431. The van der Waals surface area contributed by atoms with Gasteiger partial charge in [0.25, 0.3) is 5.91 Å². The summed E-state index contributed by atoms with van der Waals surface area (Å²) in [6.07, 6.45) is 1.45. The van der Waals surface area contributed by atoms with Gasteiger partial charge in [-0.1, -0.05) is 12.1 Å². The molecule has 0 aromatic heterocycles. The lowest BCUT2D eigenvalue weighted by Crippen LogP contribution is -2.37. The minimum atomic E-state index is -3.33. The monoisotopic (exact) mass is 387 g/mol. The third kappa shape index (κ3) is 4.65. The third-order valence-electron chi connectivity index (χ3n) is 4.19. The van der Waals surface area contributed by atoms with E-state index >= 15 is 0 Å². The van der Waals surface area contributed by atoms with E-state index in [1.54, 1.807) is 48.5 Å². The van der Waals surface area contributed by atoms with Crippen molar-refractivity contribution in [3.63, 3.8) is 0 Å². The second-order valence-corrected chi connectivity index (χ2v) is 8.37. The average molecular weight is 387 g/mol. The van der Waals surface area contributed by atoms with Crippen molar-refractivity contribution in [2.75, 3.05) is 27.2 Å². The molecular weight excluding hydrogens is 366 g/mol. The predicted octanol–water partition coefficient (Wildman–Crippen LogP) is 2.83. The van der Waals surface area contributed by atoms with E-state index in [1.807, 2.05) is 0 Å². The number of carbonyl (C=O) groups is 2. The zero-order chi connectivity index (χ0) is 19.4. The Morgan fingerprint density at radius 2 is 1.67 bits per heavy atom. The van der Waals surface area contributed by atoms with E-state index in [9.17, 15) is 18.0 Å². The highest BCUT2D eigenvalue weighted by atomic mass is 32.2. The first kappa shape index (κ1) is 18.9. The van der Waals surface area contributed by atoms with Gasteiger partial charge in [-0.25, -0.2) is 8.42 Å². The third-order valence-corrected chi connectivity index (χ3v) is 6.06. The van der Waals surface area contributed by atoms with Crippen molar-refractivity contribution in [2.45, 2.75) is 19.8 Å². The molecule has 0 spiro atoms. The van der Waals surface area contributed by atoms with Crippen LogP contribution >= 0.6 is 0 Å². The van der Waals surface area contributed by atoms with Crippen molar-refractivity contribution in [1.82, 2.24) is 0 Å². The molecule has 2 N–H and O–H groups in total. The summed E-state index contributed by atoms with van der Waals surface area (Å²) >= 11 is 0. The van der Waals surface area contributed by atoms with Gasteiger partial charge in [-0.05, 0) is 49.2 Å². The van der Waals surface area contributed by atoms with E-state index in [2.05, 4.69) is 10.6 Å². The smallest absolute Gasteiger partial charge is 0.255 e. The molecule has 8 heteroatoms. The van der Waals surface area contributed by atoms with Gasteiger partial charge in [0.15, 0.2) is 0 Å². The fourth-order valence-corrected chi connectivity index (χ4v) is 4.59. The van der Waals surface area contributed by atoms with Crippen molar-refractivity contribution < 1.29 is 18.0 Å². The van der Waals surface area contributed by atoms with Gasteiger partial charge in [-0.15, -0.1) is 0 Å². The summed E-state index contributed by atoms with van der Waals surface area (Å²) in [6, 6.07) is 13.4. The van der Waals surface area contributed by atoms with Crippen LogP contribution in [0.2, 0.25) is 0 Å². The molecule has 3 rings (SSSR count). The molecule has 142 valence electrons. The Hall–Kier alpha value is -2.87. The van der Waals surface area contributed by atoms with E-state index in [0.717, 1.165) is 6.42 Å². The number of anilines is 3. The number of nitrogens with one attached hydrogen (secondary N) is 2. The number of rotatable bonds is 4. The van der Waals surface area contributed by atoms with Crippen LogP contribution in [0, 0.1) is 0 Å². The maximum atomic E-state index is 12.6. The van der Waals surface area contributed by atoms with E-state index in [1.165, 1.54) is 11.2 Å². The molecule has 1 aliphatic heterocycles. The Labute approximate surface area is 158 Å². The molecule has 1 saturated heterocycles. The van der Waals surface area contributed by atoms with E-state index < -0.39 is 10.0 Å². The van der Waals surface area contributed by atoms with Crippen LogP contribution in [0.1, 0.15) is 30.1 Å². The van der Waals surface area contributed by atoms with Crippen LogP contribution in [-0.4, -0.2) is 32.5 Å². The maximum Gasteiger partial charge on any atom is 0.255 e. The summed E-state index contributed by atoms with van der Waals surface area (Å²) < 4.78 is 25.9. The first-order valence-electron chi connectivity index (χ1n) is 8.65. The summed E-state index contributed by atoms with van der Waals surface area (Å²) in [6.45, 7) is 1.83. The topological polar surface area (TPSA) is 95.6 Å². The summed E-state index contributed by atoms with van der Waals surface area (Å²) in [5, 5.41) is 5.42. The molecule has 2 aromatic rings. The maximum absolute atomic E-state index is 12.6. The molecule has 0 unspecified atom stereocenters. The Balaban J connectivity index is 1.79. The van der Waals surface area contributed by atoms with E-state index in [0.29, 0.717) is 35.6 Å². The zero-order valence-corrected chi connectivity index (χ0v) is 15.8. The molecule has 1 aliphatic rings. The Morgan fingerprint density at radius 3 is 2.37 bits per heavy atom. The molecule has 0 saturated carbocycles. The van der Waals surface area contributed by atoms with Crippen molar-refractivity contribution in [3.8, 4) is 0 Å². The van der Waals surface area contributed by atoms with Crippen molar-refractivity contribution in [1.29, 1.82) is 0 Å². The number of hydrogen-bond acceptors (Lipinski definition) is 4. The standard InChI is InChI=1S/C19H21N3O4S/c1-14(23)20-16-7-5-8-17(13-16)21-19(24)15-6-4-9-18(12-15)22-10-2-3-11-27(22,25)26/h4-9,12-13H,2-3,10-11H2,1H3,(H,20,23)(H,21,24). The van der Waals surface area contributed by atoms with Gasteiger partial charge in [0.2, 0.25) is 15.9 Å². The van der Waals surface area contributed by atoms with Crippen LogP contribution in [0.25, 0.3) is 0 Å². The second kappa shape index (κ2) is 7.79. The fraction of sp³-hybridized carbons (Fsp3) is 0.263. The molecule has 0 bridgehead atoms. The predicted molar refractivity (Wildman–Crippen MR) is 106 cm³/mol. The molecule has 2 amide bonds. The van der Waals surface area contributed by atoms with Crippen molar-refractivity contribution in [2.24, 2.45) is 0 Å². The summed E-state index contributed by atoms with van der Waals surface area (Å²) in [4.78, 5) is 23.7. The van der Waals surface area contributed by atoms with Gasteiger partial charge in [0, 0.05) is 30.4 Å².